The zero-order valence-electron chi connectivity index (χ0n) is 5.97. The Morgan fingerprint density at radius 2 is 2.00 bits per heavy atom. The number of ether oxygens (including phenoxy) is 2. The first-order valence-corrected chi connectivity index (χ1v) is 3.25. The van der Waals surface area contributed by atoms with E-state index in [0.29, 0.717) is 0 Å². The summed E-state index contributed by atoms with van der Waals surface area (Å²) in [4.78, 5) is 0. The summed E-state index contributed by atoms with van der Waals surface area (Å²) in [5.74, 6) is 0. The molecule has 0 atom stereocenters. The molecule has 1 rings (SSSR count). The lowest BCUT2D eigenvalue weighted by molar-refractivity contribution is -0.155. The van der Waals surface area contributed by atoms with E-state index < -0.39 is 5.67 Å². The molecule has 1 heterocycles. The summed E-state index contributed by atoms with van der Waals surface area (Å²) < 4.78 is 22.8. The highest BCUT2D eigenvalue weighted by atomic mass is 19.1. The van der Waals surface area contributed by atoms with Crippen molar-refractivity contribution in [1.82, 2.24) is 0 Å². The van der Waals surface area contributed by atoms with Gasteiger partial charge in [0, 0.05) is 0 Å². The SMILES string of the molecule is C/C=C/C1(F)COCOC1. The minimum Gasteiger partial charge on any atom is -0.352 e. The van der Waals surface area contributed by atoms with Crippen molar-refractivity contribution < 1.29 is 13.9 Å². The maximum Gasteiger partial charge on any atom is 0.175 e. The van der Waals surface area contributed by atoms with E-state index in [9.17, 15) is 4.39 Å². The number of hydrogen-bond donors (Lipinski definition) is 0. The molecule has 0 aromatic carbocycles. The van der Waals surface area contributed by atoms with Crippen molar-refractivity contribution in [1.29, 1.82) is 0 Å². The molecule has 0 amide bonds. The Morgan fingerprint density at radius 3 is 2.50 bits per heavy atom. The Hall–Kier alpha value is -0.410. The first kappa shape index (κ1) is 7.69. The second-order valence-electron chi connectivity index (χ2n) is 2.35. The summed E-state index contributed by atoms with van der Waals surface area (Å²) in [6.07, 6.45) is 3.13. The Labute approximate surface area is 59.6 Å². The molecule has 2 nitrogen and oxygen atoms in total. The van der Waals surface area contributed by atoms with Gasteiger partial charge >= 0.3 is 0 Å². The van der Waals surface area contributed by atoms with Gasteiger partial charge in [-0.3, -0.25) is 0 Å². The summed E-state index contributed by atoms with van der Waals surface area (Å²) in [5.41, 5.74) is -1.40. The molecule has 0 spiro atoms. The van der Waals surface area contributed by atoms with E-state index in [-0.39, 0.29) is 20.0 Å². The van der Waals surface area contributed by atoms with Crippen LogP contribution in [0.2, 0.25) is 0 Å². The van der Waals surface area contributed by atoms with Crippen LogP contribution in [0.4, 0.5) is 4.39 Å². The average Bonchev–Trinajstić information content (AvgIpc) is 1.89. The van der Waals surface area contributed by atoms with E-state index in [2.05, 4.69) is 0 Å². The van der Waals surface area contributed by atoms with E-state index in [0.717, 1.165) is 0 Å². The van der Waals surface area contributed by atoms with Gasteiger partial charge in [0.15, 0.2) is 5.67 Å². The maximum atomic E-state index is 13.2. The molecule has 0 radical (unpaired) electrons. The lowest BCUT2D eigenvalue weighted by Gasteiger charge is -2.25. The van der Waals surface area contributed by atoms with Gasteiger partial charge in [-0.05, 0) is 13.0 Å². The molecular weight excluding hydrogens is 135 g/mol. The monoisotopic (exact) mass is 146 g/mol. The van der Waals surface area contributed by atoms with Crippen molar-refractivity contribution >= 4 is 0 Å². The third-order valence-corrected chi connectivity index (χ3v) is 1.32. The summed E-state index contributed by atoms with van der Waals surface area (Å²) in [6.45, 7) is 2.20. The lowest BCUT2D eigenvalue weighted by Crippen LogP contribution is -2.37. The van der Waals surface area contributed by atoms with Crippen LogP contribution < -0.4 is 0 Å². The largest absolute Gasteiger partial charge is 0.352 e. The fourth-order valence-electron chi connectivity index (χ4n) is 0.918. The molecule has 1 aliphatic heterocycles. The highest BCUT2D eigenvalue weighted by molar-refractivity contribution is 5.01. The van der Waals surface area contributed by atoms with E-state index in [4.69, 9.17) is 9.47 Å². The molecule has 0 aromatic rings. The zero-order valence-corrected chi connectivity index (χ0v) is 5.97. The first-order chi connectivity index (χ1) is 4.77. The van der Waals surface area contributed by atoms with E-state index in [1.165, 1.54) is 6.08 Å². The van der Waals surface area contributed by atoms with Crippen molar-refractivity contribution in [2.45, 2.75) is 12.6 Å². The number of alkyl halides is 1. The molecule has 0 unspecified atom stereocenters. The maximum absolute atomic E-state index is 13.2. The van der Waals surface area contributed by atoms with Crippen LogP contribution in [0, 0.1) is 0 Å². The fourth-order valence-corrected chi connectivity index (χ4v) is 0.918. The van der Waals surface area contributed by atoms with Gasteiger partial charge in [0.05, 0.1) is 13.2 Å². The molecule has 58 valence electrons. The second-order valence-corrected chi connectivity index (χ2v) is 2.35. The lowest BCUT2D eigenvalue weighted by atomic mass is 10.1. The van der Waals surface area contributed by atoms with Crippen LogP contribution in [-0.4, -0.2) is 25.7 Å². The van der Waals surface area contributed by atoms with Crippen LogP contribution in [0.25, 0.3) is 0 Å². The Kier molecular flexibility index (Phi) is 2.40. The minimum atomic E-state index is -1.40. The van der Waals surface area contributed by atoms with Gasteiger partial charge in [-0.15, -0.1) is 0 Å². The van der Waals surface area contributed by atoms with Crippen LogP contribution in [0.3, 0.4) is 0 Å². The van der Waals surface area contributed by atoms with Gasteiger partial charge in [0.1, 0.15) is 6.79 Å². The highest BCUT2D eigenvalue weighted by Crippen LogP contribution is 2.17. The van der Waals surface area contributed by atoms with Gasteiger partial charge in [-0.1, -0.05) is 6.08 Å². The summed E-state index contributed by atoms with van der Waals surface area (Å²) in [5, 5.41) is 0. The average molecular weight is 146 g/mol. The smallest absolute Gasteiger partial charge is 0.175 e. The third-order valence-electron chi connectivity index (χ3n) is 1.32. The number of rotatable bonds is 1. The number of allylic oxidation sites excluding steroid dienone is 1. The second kappa shape index (κ2) is 3.12. The highest BCUT2D eigenvalue weighted by Gasteiger charge is 2.29. The van der Waals surface area contributed by atoms with E-state index in [1.54, 1.807) is 13.0 Å². The molecule has 1 fully saturated rings. The summed E-state index contributed by atoms with van der Waals surface area (Å²) in [6, 6.07) is 0. The van der Waals surface area contributed by atoms with Crippen molar-refractivity contribution in [3.8, 4) is 0 Å². The standard InChI is InChI=1S/C7H11FO2/c1-2-3-7(8)4-9-6-10-5-7/h2-3H,4-6H2,1H3/b3-2+. The van der Waals surface area contributed by atoms with E-state index >= 15 is 0 Å². The molecule has 1 saturated heterocycles. The Bertz CT molecular complexity index is 128. The van der Waals surface area contributed by atoms with Gasteiger partial charge in [0.2, 0.25) is 0 Å². The topological polar surface area (TPSA) is 18.5 Å². The van der Waals surface area contributed by atoms with E-state index in [1.807, 2.05) is 0 Å². The van der Waals surface area contributed by atoms with Gasteiger partial charge < -0.3 is 9.47 Å². The molecule has 1 aliphatic rings. The third kappa shape index (κ3) is 1.78. The van der Waals surface area contributed by atoms with Gasteiger partial charge in [-0.2, -0.15) is 0 Å². The van der Waals surface area contributed by atoms with Crippen LogP contribution in [0.15, 0.2) is 12.2 Å². The van der Waals surface area contributed by atoms with Crippen LogP contribution in [-0.2, 0) is 9.47 Å². The number of hydrogen-bond acceptors (Lipinski definition) is 2. The fraction of sp³-hybridized carbons (Fsp3) is 0.714. The predicted octanol–water partition coefficient (Wildman–Crippen LogP) is 1.28. The van der Waals surface area contributed by atoms with Crippen LogP contribution in [0.5, 0.6) is 0 Å². The van der Waals surface area contributed by atoms with Crippen LogP contribution >= 0.6 is 0 Å². The molecule has 0 N–H and O–H groups in total. The molecular formula is C7H11FO2. The quantitative estimate of drug-likeness (QED) is 0.519. The van der Waals surface area contributed by atoms with Crippen molar-refractivity contribution in [3.05, 3.63) is 12.2 Å². The molecule has 3 heteroatoms. The van der Waals surface area contributed by atoms with Crippen molar-refractivity contribution in [2.24, 2.45) is 0 Å². The number of halogens is 1. The van der Waals surface area contributed by atoms with Gasteiger partial charge in [-0.25, -0.2) is 4.39 Å². The molecule has 10 heavy (non-hydrogen) atoms. The van der Waals surface area contributed by atoms with Crippen molar-refractivity contribution in [2.75, 3.05) is 20.0 Å². The van der Waals surface area contributed by atoms with Gasteiger partial charge in [0.25, 0.3) is 0 Å². The Balaban J connectivity index is 2.48. The first-order valence-electron chi connectivity index (χ1n) is 3.25. The molecule has 0 aliphatic carbocycles. The molecule has 0 bridgehead atoms. The van der Waals surface area contributed by atoms with Crippen molar-refractivity contribution in [3.63, 3.8) is 0 Å². The zero-order chi connectivity index (χ0) is 7.45. The Morgan fingerprint density at radius 1 is 1.40 bits per heavy atom. The normalized spacial score (nSPS) is 25.4. The summed E-state index contributed by atoms with van der Waals surface area (Å²) in [7, 11) is 0. The predicted molar refractivity (Wildman–Crippen MR) is 35.4 cm³/mol. The minimum absolute atomic E-state index is 0.108. The summed E-state index contributed by atoms with van der Waals surface area (Å²) >= 11 is 0. The van der Waals surface area contributed by atoms with Crippen LogP contribution in [0.1, 0.15) is 6.92 Å². The molecule has 0 aromatic heterocycles. The molecule has 0 saturated carbocycles.